The van der Waals surface area contributed by atoms with Gasteiger partial charge in [0.05, 0.1) is 6.20 Å². The molecule has 3 aromatic rings. The van der Waals surface area contributed by atoms with E-state index < -0.39 is 0 Å². The number of carbonyl (C=O) groups excluding carboxylic acids is 1. The zero-order chi connectivity index (χ0) is 14.3. The fraction of sp³-hybridized carbons (Fsp3) is 0.154. The van der Waals surface area contributed by atoms with Gasteiger partial charge in [-0.15, -0.1) is 0 Å². The van der Waals surface area contributed by atoms with Gasteiger partial charge >= 0.3 is 6.03 Å². The summed E-state index contributed by atoms with van der Waals surface area (Å²) >= 11 is 0. The molecule has 0 aliphatic carbocycles. The van der Waals surface area contributed by atoms with E-state index in [1.165, 1.54) is 15.9 Å². The van der Waals surface area contributed by atoms with E-state index in [0.29, 0.717) is 11.4 Å². The van der Waals surface area contributed by atoms with Crippen molar-refractivity contribution >= 4 is 30.4 Å². The number of fused-ring (bicyclic) bond motifs is 1. The molecule has 20 heavy (non-hydrogen) atoms. The molecule has 0 atom stereocenters. The molecule has 0 aromatic carbocycles. The van der Waals surface area contributed by atoms with Gasteiger partial charge in [-0.05, 0) is 0 Å². The molecule has 3 heterocycles. The van der Waals surface area contributed by atoms with Crippen LogP contribution in [0.3, 0.4) is 0 Å². The third-order valence-electron chi connectivity index (χ3n) is 3.07. The molecule has 0 saturated heterocycles. The summed E-state index contributed by atoms with van der Waals surface area (Å²) in [5.41, 5.74) is 2.44. The van der Waals surface area contributed by atoms with Gasteiger partial charge in [0.1, 0.15) is 13.5 Å². The van der Waals surface area contributed by atoms with E-state index in [9.17, 15) is 4.79 Å². The van der Waals surface area contributed by atoms with Crippen LogP contribution in [-0.4, -0.2) is 47.4 Å². The molecule has 0 spiro atoms. The van der Waals surface area contributed by atoms with Crippen LogP contribution < -0.4 is 5.46 Å². The predicted octanol–water partition coefficient (Wildman–Crippen LogP) is 0.479. The minimum Gasteiger partial charge on any atom is -0.443 e. The standard InChI is InChI=1S/C13H13BN4O2/c1-17(2)13(19)18-6-10(11-5-15-7-20-11)9-3-8(14)4-16-12(9)18/h3-7H,14H2,1-2H3. The van der Waals surface area contributed by atoms with E-state index in [4.69, 9.17) is 4.42 Å². The zero-order valence-electron chi connectivity index (χ0n) is 11.5. The molecule has 0 N–H and O–H groups in total. The Kier molecular flexibility index (Phi) is 2.82. The molecule has 0 radical (unpaired) electrons. The van der Waals surface area contributed by atoms with Crippen molar-refractivity contribution in [2.75, 3.05) is 14.1 Å². The average Bonchev–Trinajstić information content (AvgIpc) is 3.03. The summed E-state index contributed by atoms with van der Waals surface area (Å²) in [6, 6.07) is 1.83. The normalized spacial score (nSPS) is 10.9. The summed E-state index contributed by atoms with van der Waals surface area (Å²) in [4.78, 5) is 22.0. The number of carbonyl (C=O) groups is 1. The highest BCUT2D eigenvalue weighted by Gasteiger charge is 2.18. The lowest BCUT2D eigenvalue weighted by atomic mass is 9.97. The van der Waals surface area contributed by atoms with Crippen molar-refractivity contribution in [2.45, 2.75) is 0 Å². The molecule has 7 heteroatoms. The quantitative estimate of drug-likeness (QED) is 0.602. The maximum Gasteiger partial charge on any atom is 0.329 e. The number of oxazole rings is 1. The van der Waals surface area contributed by atoms with Crippen LogP contribution in [0.1, 0.15) is 0 Å². The average molecular weight is 268 g/mol. The third-order valence-corrected chi connectivity index (χ3v) is 3.07. The minimum atomic E-state index is -0.155. The summed E-state index contributed by atoms with van der Waals surface area (Å²) in [6.07, 6.45) is 6.48. The van der Waals surface area contributed by atoms with Crippen molar-refractivity contribution in [3.8, 4) is 11.3 Å². The summed E-state index contributed by atoms with van der Waals surface area (Å²) < 4.78 is 6.86. The van der Waals surface area contributed by atoms with Crippen LogP contribution in [0.25, 0.3) is 22.4 Å². The zero-order valence-corrected chi connectivity index (χ0v) is 11.5. The van der Waals surface area contributed by atoms with E-state index in [1.54, 1.807) is 32.7 Å². The maximum atomic E-state index is 12.2. The molecule has 0 saturated carbocycles. The van der Waals surface area contributed by atoms with E-state index >= 15 is 0 Å². The minimum absolute atomic E-state index is 0.155. The first-order chi connectivity index (χ1) is 9.58. The predicted molar refractivity (Wildman–Crippen MR) is 77.9 cm³/mol. The Morgan fingerprint density at radius 2 is 2.20 bits per heavy atom. The van der Waals surface area contributed by atoms with Gasteiger partial charge in [-0.3, -0.25) is 4.57 Å². The first-order valence-electron chi connectivity index (χ1n) is 6.16. The molecule has 0 aliphatic rings. The Balaban J connectivity index is 2.30. The van der Waals surface area contributed by atoms with E-state index in [1.807, 2.05) is 13.9 Å². The van der Waals surface area contributed by atoms with Crippen molar-refractivity contribution in [3.05, 3.63) is 31.1 Å². The SMILES string of the molecule is Bc1cnc2c(c1)c(-c1cnco1)cn2C(=O)N(C)C. The molecule has 0 aliphatic heterocycles. The Morgan fingerprint density at radius 1 is 1.40 bits per heavy atom. The second-order valence-electron chi connectivity index (χ2n) is 4.84. The molecule has 0 fully saturated rings. The van der Waals surface area contributed by atoms with Gasteiger partial charge in [-0.1, -0.05) is 11.5 Å². The number of aromatic nitrogens is 3. The van der Waals surface area contributed by atoms with Crippen LogP contribution >= 0.6 is 0 Å². The van der Waals surface area contributed by atoms with E-state index in [0.717, 1.165) is 16.4 Å². The number of pyridine rings is 1. The number of hydrogen-bond donors (Lipinski definition) is 0. The van der Waals surface area contributed by atoms with Crippen molar-refractivity contribution in [1.82, 2.24) is 19.4 Å². The maximum absolute atomic E-state index is 12.2. The summed E-state index contributed by atoms with van der Waals surface area (Å²) in [5, 5.41) is 0.872. The highest BCUT2D eigenvalue weighted by molar-refractivity contribution is 6.33. The first-order valence-corrected chi connectivity index (χ1v) is 6.16. The van der Waals surface area contributed by atoms with Crippen LogP contribution in [0, 0.1) is 0 Å². The largest absolute Gasteiger partial charge is 0.443 e. The van der Waals surface area contributed by atoms with Crippen LogP contribution in [-0.2, 0) is 0 Å². The monoisotopic (exact) mass is 268 g/mol. The molecular formula is C13H13BN4O2. The Bertz CT molecular complexity index is 777. The first kappa shape index (κ1) is 12.5. The summed E-state index contributed by atoms with van der Waals surface area (Å²) in [6.45, 7) is 0. The lowest BCUT2D eigenvalue weighted by Crippen LogP contribution is -2.26. The number of hydrogen-bond acceptors (Lipinski definition) is 4. The molecular weight excluding hydrogens is 255 g/mol. The van der Waals surface area contributed by atoms with Gasteiger partial charge in [-0.25, -0.2) is 14.8 Å². The van der Waals surface area contributed by atoms with Gasteiger partial charge in [0.15, 0.2) is 12.2 Å². The molecule has 6 nitrogen and oxygen atoms in total. The topological polar surface area (TPSA) is 64.2 Å². The van der Waals surface area contributed by atoms with Gasteiger partial charge in [0.25, 0.3) is 0 Å². The van der Waals surface area contributed by atoms with Crippen LogP contribution in [0.4, 0.5) is 4.79 Å². The second kappa shape index (κ2) is 4.52. The van der Waals surface area contributed by atoms with Crippen molar-refractivity contribution < 1.29 is 9.21 Å². The van der Waals surface area contributed by atoms with E-state index in [2.05, 4.69) is 9.97 Å². The Morgan fingerprint density at radius 3 is 2.85 bits per heavy atom. The third kappa shape index (κ3) is 1.87. The van der Waals surface area contributed by atoms with Crippen molar-refractivity contribution in [3.63, 3.8) is 0 Å². The molecule has 3 aromatic heterocycles. The second-order valence-corrected chi connectivity index (χ2v) is 4.84. The molecule has 0 bridgehead atoms. The fourth-order valence-corrected chi connectivity index (χ4v) is 2.12. The Hall–Kier alpha value is -2.57. The summed E-state index contributed by atoms with van der Waals surface area (Å²) in [5.74, 6) is 0.618. The fourth-order valence-electron chi connectivity index (χ4n) is 2.12. The molecule has 3 rings (SSSR count). The van der Waals surface area contributed by atoms with Crippen LogP contribution in [0.2, 0.25) is 0 Å². The van der Waals surface area contributed by atoms with Crippen LogP contribution in [0.5, 0.6) is 0 Å². The summed E-state index contributed by atoms with van der Waals surface area (Å²) in [7, 11) is 5.37. The number of amides is 1. The van der Waals surface area contributed by atoms with Gasteiger partial charge in [0.2, 0.25) is 0 Å². The van der Waals surface area contributed by atoms with Crippen molar-refractivity contribution in [1.29, 1.82) is 0 Å². The smallest absolute Gasteiger partial charge is 0.329 e. The molecule has 0 unspecified atom stereocenters. The Labute approximate surface area is 116 Å². The molecule has 100 valence electrons. The molecule has 1 amide bonds. The number of nitrogens with zero attached hydrogens (tertiary/aromatic N) is 4. The number of rotatable bonds is 1. The van der Waals surface area contributed by atoms with Gasteiger partial charge < -0.3 is 9.32 Å². The highest BCUT2D eigenvalue weighted by atomic mass is 16.3. The van der Waals surface area contributed by atoms with Gasteiger partial charge in [-0.2, -0.15) is 0 Å². The lowest BCUT2D eigenvalue weighted by molar-refractivity contribution is 0.220. The highest BCUT2D eigenvalue weighted by Crippen LogP contribution is 2.28. The van der Waals surface area contributed by atoms with Gasteiger partial charge in [0, 0.05) is 37.4 Å². The van der Waals surface area contributed by atoms with E-state index in [-0.39, 0.29) is 6.03 Å². The lowest BCUT2D eigenvalue weighted by Gasteiger charge is -2.10. The van der Waals surface area contributed by atoms with Crippen LogP contribution in [0.15, 0.2) is 35.5 Å². The van der Waals surface area contributed by atoms with Crippen molar-refractivity contribution in [2.24, 2.45) is 0 Å².